The first-order valence-corrected chi connectivity index (χ1v) is 23.0. The fourth-order valence-corrected chi connectivity index (χ4v) is 5.23. The minimum atomic E-state index is 0.0318. The third kappa shape index (κ3) is 50.3. The van der Waals surface area contributed by atoms with Crippen LogP contribution in [0.15, 0.2) is 60.7 Å². The van der Waals surface area contributed by atoms with E-state index >= 15 is 0 Å². The molecule has 0 fully saturated rings. The first-order valence-electron chi connectivity index (χ1n) is 23.0. The predicted molar refractivity (Wildman–Crippen MR) is 242 cm³/mol. The van der Waals surface area contributed by atoms with Gasteiger partial charge in [-0.25, -0.2) is 0 Å². The Bertz CT molecular complexity index is 1020. The largest absolute Gasteiger partial charge is 0.491 e. The number of hydrogen-bond donors (Lipinski definition) is 2. The van der Waals surface area contributed by atoms with Crippen molar-refractivity contribution in [1.29, 1.82) is 0 Å². The van der Waals surface area contributed by atoms with Crippen molar-refractivity contribution in [2.75, 3.05) is 152 Å². The molecule has 0 aliphatic rings. The van der Waals surface area contributed by atoms with Gasteiger partial charge in [0.2, 0.25) is 0 Å². The highest BCUT2D eigenvalue weighted by Gasteiger charge is 1.97. The summed E-state index contributed by atoms with van der Waals surface area (Å²) in [6.07, 6.45) is 14.7. The Kier molecular flexibility index (Phi) is 51.9. The van der Waals surface area contributed by atoms with E-state index < -0.39 is 0 Å². The Morgan fingerprint density at radius 1 is 0.311 bits per heavy atom. The molecule has 0 aromatic heterocycles. The molecule has 0 saturated carbocycles. The maximum Gasteiger partial charge on any atom is 0.119 e. The van der Waals surface area contributed by atoms with Gasteiger partial charge in [0.1, 0.15) is 12.4 Å². The minimum Gasteiger partial charge on any atom is -0.491 e. The van der Waals surface area contributed by atoms with E-state index in [0.29, 0.717) is 132 Å². The van der Waals surface area contributed by atoms with Gasteiger partial charge < -0.3 is 62.3 Å². The molecule has 0 saturated heterocycles. The molecular weight excluding hydrogens is 785 g/mol. The predicted octanol–water partition coefficient (Wildman–Crippen LogP) is 7.37. The van der Waals surface area contributed by atoms with E-state index in [4.69, 9.17) is 62.3 Å². The molecule has 2 N–H and O–H groups in total. The van der Waals surface area contributed by atoms with Crippen molar-refractivity contribution >= 4 is 0 Å². The van der Waals surface area contributed by atoms with Gasteiger partial charge in [-0.05, 0) is 30.5 Å². The number of hydrogen-bond acceptors (Lipinski definition) is 13. The number of para-hydroxylation sites is 1. The Hall–Kier alpha value is -2.24. The summed E-state index contributed by atoms with van der Waals surface area (Å²) in [5.41, 5.74) is 1.41. The van der Waals surface area contributed by atoms with Crippen LogP contribution >= 0.6 is 0 Å². The van der Waals surface area contributed by atoms with Crippen LogP contribution in [0.3, 0.4) is 0 Å². The Labute approximate surface area is 369 Å². The Balaban J connectivity index is 0.00000103. The molecule has 0 aliphatic heterocycles. The molecular formula is C48H86O13. The molecule has 0 atom stereocenters. The van der Waals surface area contributed by atoms with Gasteiger partial charge in [0.05, 0.1) is 139 Å². The number of unbranched alkanes of at least 4 members (excludes halogenated alkanes) is 9. The topological polar surface area (TPSA) is 142 Å². The SMILES string of the molecule is CCCCCCCCCCCCOCCOCCOCCO.CCc1ccccc1.OCCOCCOCCOCCOCCOCCOCCOCCOc1ccccc1. The van der Waals surface area contributed by atoms with Crippen LogP contribution in [0.2, 0.25) is 0 Å². The summed E-state index contributed by atoms with van der Waals surface area (Å²) in [5, 5.41) is 17.1. The maximum absolute atomic E-state index is 8.54. The van der Waals surface area contributed by atoms with Crippen molar-refractivity contribution in [2.24, 2.45) is 0 Å². The van der Waals surface area contributed by atoms with Gasteiger partial charge >= 0.3 is 0 Å². The van der Waals surface area contributed by atoms with Crippen molar-refractivity contribution in [3.8, 4) is 5.75 Å². The smallest absolute Gasteiger partial charge is 0.119 e. The van der Waals surface area contributed by atoms with E-state index in [2.05, 4.69) is 38.1 Å². The Morgan fingerprint density at radius 2 is 0.607 bits per heavy atom. The molecule has 0 unspecified atom stereocenters. The molecule has 2 aromatic rings. The van der Waals surface area contributed by atoms with E-state index in [1.165, 1.54) is 63.4 Å². The summed E-state index contributed by atoms with van der Waals surface area (Å²) in [5.74, 6) is 0.846. The van der Waals surface area contributed by atoms with Gasteiger partial charge in [-0.2, -0.15) is 0 Å². The number of rotatable bonds is 44. The summed E-state index contributed by atoms with van der Waals surface area (Å²) in [6, 6.07) is 20.1. The van der Waals surface area contributed by atoms with E-state index in [0.717, 1.165) is 25.2 Å². The fourth-order valence-electron chi connectivity index (χ4n) is 5.23. The highest BCUT2D eigenvalue weighted by atomic mass is 16.6. The molecule has 13 heteroatoms. The van der Waals surface area contributed by atoms with Crippen molar-refractivity contribution in [3.05, 3.63) is 66.2 Å². The number of aryl methyl sites for hydroxylation is 1. The van der Waals surface area contributed by atoms with Crippen LogP contribution < -0.4 is 4.74 Å². The monoisotopic (exact) mass is 871 g/mol. The van der Waals surface area contributed by atoms with Crippen LogP contribution in [0, 0.1) is 0 Å². The molecule has 0 bridgehead atoms. The van der Waals surface area contributed by atoms with Crippen LogP contribution in [0.4, 0.5) is 0 Å². The molecule has 2 aromatic carbocycles. The Morgan fingerprint density at radius 3 is 0.934 bits per heavy atom. The first-order chi connectivity index (χ1) is 30.3. The van der Waals surface area contributed by atoms with Crippen LogP contribution in [0.25, 0.3) is 0 Å². The number of benzene rings is 2. The first kappa shape index (κ1) is 58.8. The second-order valence-electron chi connectivity index (χ2n) is 13.8. The zero-order valence-corrected chi connectivity index (χ0v) is 38.2. The standard InChI is InChI=1S/C22H38O9.C18H38O4.C8H10/c23-6-7-24-8-9-25-10-11-26-12-13-27-14-15-28-16-17-29-18-19-30-20-21-31-22-4-2-1-3-5-22;1-2-3-4-5-6-7-8-9-10-11-13-20-15-17-22-18-16-21-14-12-19;1-2-8-6-4-3-5-7-8/h1-5,23H,6-21H2;19H,2-18H2,1H3;3-7H,2H2,1H3. The van der Waals surface area contributed by atoms with Crippen molar-refractivity contribution in [1.82, 2.24) is 0 Å². The zero-order chi connectivity index (χ0) is 44.0. The second-order valence-corrected chi connectivity index (χ2v) is 13.8. The lowest BCUT2D eigenvalue weighted by Gasteiger charge is -2.09. The zero-order valence-electron chi connectivity index (χ0n) is 38.2. The van der Waals surface area contributed by atoms with Gasteiger partial charge in [-0.1, -0.05) is 120 Å². The van der Waals surface area contributed by atoms with E-state index in [1.54, 1.807) is 0 Å². The lowest BCUT2D eigenvalue weighted by molar-refractivity contribution is -0.0221. The lowest BCUT2D eigenvalue weighted by atomic mass is 10.1. The van der Waals surface area contributed by atoms with Gasteiger partial charge in [-0.15, -0.1) is 0 Å². The van der Waals surface area contributed by atoms with Gasteiger partial charge in [0.25, 0.3) is 0 Å². The van der Waals surface area contributed by atoms with E-state index in [9.17, 15) is 0 Å². The number of aliphatic hydroxyl groups is 2. The highest BCUT2D eigenvalue weighted by molar-refractivity contribution is 5.20. The quantitative estimate of drug-likeness (QED) is 0.0641. The van der Waals surface area contributed by atoms with Crippen LogP contribution in [0.1, 0.15) is 83.6 Å². The highest BCUT2D eigenvalue weighted by Crippen LogP contribution is 2.10. The van der Waals surface area contributed by atoms with Crippen molar-refractivity contribution < 1.29 is 62.3 Å². The van der Waals surface area contributed by atoms with Gasteiger partial charge in [0.15, 0.2) is 0 Å². The molecule has 0 radical (unpaired) electrons. The number of aliphatic hydroxyl groups excluding tert-OH is 2. The number of ether oxygens (including phenoxy) is 11. The average Bonchev–Trinajstić information content (AvgIpc) is 3.30. The summed E-state index contributed by atoms with van der Waals surface area (Å²) in [7, 11) is 0. The molecule has 0 aliphatic carbocycles. The van der Waals surface area contributed by atoms with Crippen LogP contribution in [-0.4, -0.2) is 162 Å². The van der Waals surface area contributed by atoms with E-state index in [-0.39, 0.29) is 13.2 Å². The molecule has 0 spiro atoms. The third-order valence-electron chi connectivity index (χ3n) is 8.58. The van der Waals surface area contributed by atoms with Gasteiger partial charge in [-0.3, -0.25) is 0 Å². The fraction of sp³-hybridized carbons (Fsp3) is 0.750. The minimum absolute atomic E-state index is 0.0318. The lowest BCUT2D eigenvalue weighted by Crippen LogP contribution is -2.15. The third-order valence-corrected chi connectivity index (χ3v) is 8.58. The van der Waals surface area contributed by atoms with Crippen LogP contribution in [0.5, 0.6) is 5.75 Å². The molecule has 0 heterocycles. The van der Waals surface area contributed by atoms with Crippen molar-refractivity contribution in [2.45, 2.75) is 84.5 Å². The summed E-state index contributed by atoms with van der Waals surface area (Å²) < 4.78 is 59.0. The van der Waals surface area contributed by atoms with Crippen LogP contribution in [-0.2, 0) is 53.8 Å². The molecule has 2 rings (SSSR count). The average molecular weight is 871 g/mol. The maximum atomic E-state index is 8.54. The van der Waals surface area contributed by atoms with E-state index in [1.807, 2.05) is 36.4 Å². The summed E-state index contributed by atoms with van der Waals surface area (Å²) >= 11 is 0. The summed E-state index contributed by atoms with van der Waals surface area (Å²) in [4.78, 5) is 0. The normalized spacial score (nSPS) is 10.9. The van der Waals surface area contributed by atoms with Gasteiger partial charge in [0, 0.05) is 6.61 Å². The molecule has 356 valence electrons. The molecule has 61 heavy (non-hydrogen) atoms. The second kappa shape index (κ2) is 53.9. The summed E-state index contributed by atoms with van der Waals surface area (Å²) in [6.45, 7) is 15.8. The van der Waals surface area contributed by atoms with Crippen molar-refractivity contribution in [3.63, 3.8) is 0 Å². The molecule has 13 nitrogen and oxygen atoms in total. The molecule has 0 amide bonds.